The molecule has 5 heteroatoms. The van der Waals surface area contributed by atoms with Crippen LogP contribution in [0.1, 0.15) is 25.3 Å². The van der Waals surface area contributed by atoms with Crippen molar-refractivity contribution in [3.63, 3.8) is 0 Å². The van der Waals surface area contributed by atoms with Gasteiger partial charge >= 0.3 is 0 Å². The van der Waals surface area contributed by atoms with Crippen LogP contribution < -0.4 is 10.1 Å². The van der Waals surface area contributed by atoms with Crippen LogP contribution in [0.2, 0.25) is 0 Å². The van der Waals surface area contributed by atoms with Gasteiger partial charge in [-0.15, -0.1) is 0 Å². The summed E-state index contributed by atoms with van der Waals surface area (Å²) < 4.78 is 32.4. The maximum atomic E-state index is 13.7. The minimum absolute atomic E-state index is 0.0542. The molecule has 1 aromatic heterocycles. The number of anilines is 1. The molecule has 0 spiro atoms. The van der Waals surface area contributed by atoms with Crippen LogP contribution in [0.15, 0.2) is 30.3 Å². The Morgan fingerprint density at radius 2 is 1.90 bits per heavy atom. The molecule has 0 radical (unpaired) electrons. The fourth-order valence-electron chi connectivity index (χ4n) is 1.75. The molecule has 0 unspecified atom stereocenters. The first-order chi connectivity index (χ1) is 9.51. The molecule has 106 valence electrons. The van der Waals surface area contributed by atoms with Crippen molar-refractivity contribution in [3.8, 4) is 11.6 Å². The molecule has 1 heterocycles. The Morgan fingerprint density at radius 3 is 2.55 bits per heavy atom. The van der Waals surface area contributed by atoms with Gasteiger partial charge in [0.1, 0.15) is 5.75 Å². The number of aromatic nitrogens is 1. The third-order valence-corrected chi connectivity index (χ3v) is 2.87. The third-order valence-electron chi connectivity index (χ3n) is 2.87. The highest BCUT2D eigenvalue weighted by molar-refractivity contribution is 5.41. The van der Waals surface area contributed by atoms with Crippen LogP contribution in [0, 0.1) is 11.6 Å². The molecule has 1 aromatic carbocycles. The van der Waals surface area contributed by atoms with Crippen molar-refractivity contribution in [1.29, 1.82) is 0 Å². The molecule has 2 rings (SSSR count). The van der Waals surface area contributed by atoms with Crippen LogP contribution in [0.25, 0.3) is 0 Å². The number of benzene rings is 1. The van der Waals surface area contributed by atoms with Gasteiger partial charge in [0, 0.05) is 13.1 Å². The molecule has 0 saturated heterocycles. The fourth-order valence-corrected chi connectivity index (χ4v) is 1.75. The van der Waals surface area contributed by atoms with Gasteiger partial charge in [0.25, 0.3) is 5.88 Å². The summed E-state index contributed by atoms with van der Waals surface area (Å²) >= 11 is 0. The number of hydrogen-bond donors (Lipinski definition) is 1. The van der Waals surface area contributed by atoms with Crippen LogP contribution in [0.4, 0.5) is 14.6 Å². The molecule has 0 aliphatic carbocycles. The molecule has 0 fully saturated rings. The summed E-state index contributed by atoms with van der Waals surface area (Å²) in [6, 6.07) is 8.06. The van der Waals surface area contributed by atoms with Crippen LogP contribution >= 0.6 is 0 Å². The predicted octanol–water partition coefficient (Wildman–Crippen LogP) is 4.32. The van der Waals surface area contributed by atoms with Crippen LogP contribution in [0.3, 0.4) is 0 Å². The van der Waals surface area contributed by atoms with Crippen LogP contribution in [0.5, 0.6) is 11.6 Å². The van der Waals surface area contributed by atoms with E-state index in [4.69, 9.17) is 4.74 Å². The maximum absolute atomic E-state index is 13.7. The van der Waals surface area contributed by atoms with Gasteiger partial charge in [-0.2, -0.15) is 4.98 Å². The molecule has 3 nitrogen and oxygen atoms in total. The largest absolute Gasteiger partial charge is 0.436 e. The zero-order valence-corrected chi connectivity index (χ0v) is 11.6. The summed E-state index contributed by atoms with van der Waals surface area (Å²) in [7, 11) is 1.51. The molecular weight excluding hydrogens is 262 g/mol. The lowest BCUT2D eigenvalue weighted by atomic mass is 10.0. The Bertz CT molecular complexity index is 615. The van der Waals surface area contributed by atoms with Gasteiger partial charge in [-0.05, 0) is 23.6 Å². The van der Waals surface area contributed by atoms with Gasteiger partial charge < -0.3 is 10.1 Å². The molecule has 20 heavy (non-hydrogen) atoms. The van der Waals surface area contributed by atoms with Crippen LogP contribution in [-0.2, 0) is 0 Å². The van der Waals surface area contributed by atoms with Crippen molar-refractivity contribution >= 4 is 5.82 Å². The molecule has 0 saturated carbocycles. The standard InChI is InChI=1S/C15H16F2N2O/c1-9(2)10-5-4-6-11(7-10)20-15-13(17)8-12(16)14(18-3)19-15/h4-9H,1-3H3,(H,18,19). The molecule has 0 aliphatic heterocycles. The Labute approximate surface area is 116 Å². The lowest BCUT2D eigenvalue weighted by molar-refractivity contribution is 0.417. The minimum atomic E-state index is -0.837. The smallest absolute Gasteiger partial charge is 0.258 e. The van der Waals surface area contributed by atoms with Gasteiger partial charge in [-0.25, -0.2) is 8.78 Å². The Kier molecular flexibility index (Phi) is 4.17. The summed E-state index contributed by atoms with van der Waals surface area (Å²) in [5, 5.41) is 2.55. The summed E-state index contributed by atoms with van der Waals surface area (Å²) in [4.78, 5) is 3.78. The molecule has 0 atom stereocenters. The minimum Gasteiger partial charge on any atom is -0.436 e. The number of rotatable bonds is 4. The van der Waals surface area contributed by atoms with Gasteiger partial charge in [0.15, 0.2) is 17.5 Å². The predicted molar refractivity (Wildman–Crippen MR) is 74.3 cm³/mol. The van der Waals surface area contributed by atoms with E-state index in [2.05, 4.69) is 24.1 Å². The van der Waals surface area contributed by atoms with E-state index in [-0.39, 0.29) is 11.7 Å². The molecule has 0 amide bonds. The molecule has 0 aliphatic rings. The number of nitrogens with zero attached hydrogens (tertiary/aromatic N) is 1. The molecule has 1 N–H and O–H groups in total. The first-order valence-electron chi connectivity index (χ1n) is 6.33. The lowest BCUT2D eigenvalue weighted by Gasteiger charge is -2.11. The topological polar surface area (TPSA) is 34.2 Å². The highest BCUT2D eigenvalue weighted by Gasteiger charge is 2.13. The number of pyridine rings is 1. The number of nitrogens with one attached hydrogen (secondary N) is 1. The molecule has 2 aromatic rings. The first kappa shape index (κ1) is 14.2. The average molecular weight is 278 g/mol. The van der Waals surface area contributed by atoms with Gasteiger partial charge in [0.05, 0.1) is 0 Å². The number of ether oxygens (including phenoxy) is 1. The van der Waals surface area contributed by atoms with E-state index in [0.717, 1.165) is 11.6 Å². The van der Waals surface area contributed by atoms with E-state index in [1.807, 2.05) is 18.2 Å². The zero-order chi connectivity index (χ0) is 14.7. The third kappa shape index (κ3) is 3.04. The van der Waals surface area contributed by atoms with E-state index >= 15 is 0 Å². The summed E-state index contributed by atoms with van der Waals surface area (Å²) in [6.07, 6.45) is 0. The fraction of sp³-hybridized carbons (Fsp3) is 0.267. The molecular formula is C15H16F2N2O. The van der Waals surface area contributed by atoms with Crippen molar-refractivity contribution in [3.05, 3.63) is 47.5 Å². The van der Waals surface area contributed by atoms with Crippen molar-refractivity contribution < 1.29 is 13.5 Å². The summed E-state index contributed by atoms with van der Waals surface area (Å²) in [5.74, 6) is -1.10. The highest BCUT2D eigenvalue weighted by atomic mass is 19.1. The van der Waals surface area contributed by atoms with E-state index in [1.165, 1.54) is 7.05 Å². The lowest BCUT2D eigenvalue weighted by Crippen LogP contribution is -2.01. The van der Waals surface area contributed by atoms with Crippen molar-refractivity contribution in [2.24, 2.45) is 0 Å². The zero-order valence-electron chi connectivity index (χ0n) is 11.6. The quantitative estimate of drug-likeness (QED) is 0.904. The van der Waals surface area contributed by atoms with Crippen molar-refractivity contribution in [2.45, 2.75) is 19.8 Å². The average Bonchev–Trinajstić information content (AvgIpc) is 2.42. The second-order valence-electron chi connectivity index (χ2n) is 4.69. The normalized spacial score (nSPS) is 10.7. The van der Waals surface area contributed by atoms with E-state index < -0.39 is 11.6 Å². The summed E-state index contributed by atoms with van der Waals surface area (Å²) in [6.45, 7) is 4.10. The van der Waals surface area contributed by atoms with E-state index in [9.17, 15) is 8.78 Å². The second-order valence-corrected chi connectivity index (χ2v) is 4.69. The van der Waals surface area contributed by atoms with E-state index in [1.54, 1.807) is 6.07 Å². The number of hydrogen-bond acceptors (Lipinski definition) is 3. The Balaban J connectivity index is 2.32. The SMILES string of the molecule is CNc1nc(Oc2cccc(C(C)C)c2)c(F)cc1F. The van der Waals surface area contributed by atoms with E-state index in [0.29, 0.717) is 11.7 Å². The second kappa shape index (κ2) is 5.86. The highest BCUT2D eigenvalue weighted by Crippen LogP contribution is 2.27. The summed E-state index contributed by atoms with van der Waals surface area (Å²) in [5.41, 5.74) is 1.07. The van der Waals surface area contributed by atoms with Crippen molar-refractivity contribution in [2.75, 3.05) is 12.4 Å². The van der Waals surface area contributed by atoms with Gasteiger partial charge in [0.2, 0.25) is 0 Å². The number of halogens is 2. The first-order valence-corrected chi connectivity index (χ1v) is 6.33. The molecule has 0 bridgehead atoms. The van der Waals surface area contributed by atoms with Gasteiger partial charge in [-0.3, -0.25) is 0 Å². The Hall–Kier alpha value is -2.17. The maximum Gasteiger partial charge on any atom is 0.258 e. The van der Waals surface area contributed by atoms with Crippen molar-refractivity contribution in [1.82, 2.24) is 4.98 Å². The monoisotopic (exact) mass is 278 g/mol. The van der Waals surface area contributed by atoms with Crippen LogP contribution in [-0.4, -0.2) is 12.0 Å². The van der Waals surface area contributed by atoms with Gasteiger partial charge in [-0.1, -0.05) is 26.0 Å². The Morgan fingerprint density at radius 1 is 1.15 bits per heavy atom.